The Balaban J connectivity index is 2.93. The van der Waals surface area contributed by atoms with Gasteiger partial charge in [0.25, 0.3) is 0 Å². The van der Waals surface area contributed by atoms with E-state index in [1.807, 2.05) is 6.92 Å². The monoisotopic (exact) mass is 255 g/mol. The Morgan fingerprint density at radius 2 is 2.28 bits per heavy atom. The van der Waals surface area contributed by atoms with Crippen molar-refractivity contribution < 1.29 is 9.18 Å². The fourth-order valence-electron chi connectivity index (χ4n) is 1.43. The molecule has 0 aliphatic carbocycles. The van der Waals surface area contributed by atoms with E-state index in [1.54, 1.807) is 6.92 Å². The number of carbonyl (C=O) groups excluding carboxylic acids is 1. The maximum atomic E-state index is 13.6. The van der Waals surface area contributed by atoms with Gasteiger partial charge >= 0.3 is 0 Å². The quantitative estimate of drug-likeness (QED) is 0.751. The molecule has 0 unspecified atom stereocenters. The maximum absolute atomic E-state index is 13.6. The number of nitrogens with zero attached hydrogens (tertiary/aromatic N) is 3. The molecule has 1 rings (SSSR count). The number of anilines is 2. The zero-order valence-corrected chi connectivity index (χ0v) is 10.6. The molecule has 0 bridgehead atoms. The fraction of sp³-hybridized carbons (Fsp3) is 0.545. The van der Waals surface area contributed by atoms with Gasteiger partial charge in [0, 0.05) is 13.1 Å². The van der Waals surface area contributed by atoms with Crippen molar-refractivity contribution in [1.82, 2.24) is 9.97 Å². The first-order chi connectivity index (χ1) is 8.58. The predicted molar refractivity (Wildman–Crippen MR) is 67.9 cm³/mol. The molecule has 0 atom stereocenters. The first kappa shape index (κ1) is 14.1. The molecule has 0 aliphatic heterocycles. The van der Waals surface area contributed by atoms with Crippen molar-refractivity contribution in [3.63, 3.8) is 0 Å². The third kappa shape index (κ3) is 3.83. The normalized spacial score (nSPS) is 10.2. The Hall–Kier alpha value is -1.92. The number of hydrogen-bond donors (Lipinski definition) is 2. The molecular formula is C11H18FN5O. The number of halogens is 1. The summed E-state index contributed by atoms with van der Waals surface area (Å²) in [5.74, 6) is -0.667. The zero-order valence-electron chi connectivity index (χ0n) is 10.6. The van der Waals surface area contributed by atoms with Crippen LogP contribution in [0.15, 0.2) is 6.20 Å². The van der Waals surface area contributed by atoms with Crippen LogP contribution in [-0.4, -0.2) is 35.5 Å². The summed E-state index contributed by atoms with van der Waals surface area (Å²) < 4.78 is 13.6. The Morgan fingerprint density at radius 3 is 2.83 bits per heavy atom. The summed E-state index contributed by atoms with van der Waals surface area (Å²) in [7, 11) is 0. The van der Waals surface area contributed by atoms with Gasteiger partial charge in [0.05, 0.1) is 12.7 Å². The number of likely N-dealkylation sites (N-methyl/N-ethyl adjacent to an activating group) is 1. The standard InChI is InChI=1S/C11H18FN5O/c1-3-5-14-11-15-6-8(12)10(16-11)17(4-2)7-9(13)18/h6H,3-5,7H2,1-2H3,(H2,13,18)(H,14,15,16). The van der Waals surface area contributed by atoms with Crippen molar-refractivity contribution in [1.29, 1.82) is 0 Å². The average molecular weight is 255 g/mol. The Bertz CT molecular complexity index is 412. The molecule has 18 heavy (non-hydrogen) atoms. The highest BCUT2D eigenvalue weighted by Gasteiger charge is 2.15. The molecule has 1 aromatic heterocycles. The van der Waals surface area contributed by atoms with Gasteiger partial charge in [0.1, 0.15) is 0 Å². The van der Waals surface area contributed by atoms with Crippen LogP contribution in [0.25, 0.3) is 0 Å². The van der Waals surface area contributed by atoms with E-state index in [4.69, 9.17) is 5.73 Å². The molecule has 0 radical (unpaired) electrons. The molecule has 1 aromatic rings. The second kappa shape index (κ2) is 6.73. The van der Waals surface area contributed by atoms with Gasteiger partial charge in [-0.15, -0.1) is 0 Å². The molecule has 3 N–H and O–H groups in total. The number of nitrogens with one attached hydrogen (secondary N) is 1. The van der Waals surface area contributed by atoms with Crippen molar-refractivity contribution in [3.05, 3.63) is 12.0 Å². The molecule has 7 heteroatoms. The summed E-state index contributed by atoms with van der Waals surface area (Å²) >= 11 is 0. The molecule has 0 fully saturated rings. The van der Waals surface area contributed by atoms with Crippen LogP contribution in [-0.2, 0) is 4.79 Å². The highest BCUT2D eigenvalue weighted by atomic mass is 19.1. The van der Waals surface area contributed by atoms with E-state index in [-0.39, 0.29) is 12.4 Å². The number of aromatic nitrogens is 2. The molecule has 0 saturated carbocycles. The van der Waals surface area contributed by atoms with Crippen molar-refractivity contribution in [3.8, 4) is 0 Å². The van der Waals surface area contributed by atoms with Gasteiger partial charge in [0.15, 0.2) is 11.6 Å². The van der Waals surface area contributed by atoms with Gasteiger partial charge in [-0.05, 0) is 13.3 Å². The third-order valence-corrected chi connectivity index (χ3v) is 2.29. The highest BCUT2D eigenvalue weighted by Crippen LogP contribution is 2.16. The third-order valence-electron chi connectivity index (χ3n) is 2.29. The zero-order chi connectivity index (χ0) is 13.5. The molecule has 0 aromatic carbocycles. The first-order valence-electron chi connectivity index (χ1n) is 5.88. The van der Waals surface area contributed by atoms with Gasteiger partial charge in [-0.1, -0.05) is 6.92 Å². The van der Waals surface area contributed by atoms with Crippen LogP contribution in [0.3, 0.4) is 0 Å². The SMILES string of the molecule is CCCNc1ncc(F)c(N(CC)CC(N)=O)n1. The largest absolute Gasteiger partial charge is 0.368 e. The minimum Gasteiger partial charge on any atom is -0.368 e. The molecular weight excluding hydrogens is 237 g/mol. The summed E-state index contributed by atoms with van der Waals surface area (Å²) in [6.07, 6.45) is 2.00. The summed E-state index contributed by atoms with van der Waals surface area (Å²) in [5.41, 5.74) is 5.11. The number of nitrogens with two attached hydrogens (primary N) is 1. The lowest BCUT2D eigenvalue weighted by atomic mass is 10.4. The van der Waals surface area contributed by atoms with Crippen LogP contribution in [0.4, 0.5) is 16.2 Å². The smallest absolute Gasteiger partial charge is 0.237 e. The average Bonchev–Trinajstić information content (AvgIpc) is 2.35. The van der Waals surface area contributed by atoms with Crippen LogP contribution >= 0.6 is 0 Å². The minimum absolute atomic E-state index is 0.0718. The van der Waals surface area contributed by atoms with E-state index in [0.717, 1.165) is 12.6 Å². The fourth-order valence-corrected chi connectivity index (χ4v) is 1.43. The summed E-state index contributed by atoms with van der Waals surface area (Å²) in [4.78, 5) is 20.3. The van der Waals surface area contributed by atoms with Crippen LogP contribution in [0.1, 0.15) is 20.3 Å². The number of primary amides is 1. The Kier molecular flexibility index (Phi) is 5.29. The van der Waals surface area contributed by atoms with E-state index in [1.165, 1.54) is 4.90 Å². The van der Waals surface area contributed by atoms with E-state index >= 15 is 0 Å². The predicted octanol–water partition coefficient (Wildman–Crippen LogP) is 0.749. The van der Waals surface area contributed by atoms with Crippen molar-refractivity contribution >= 4 is 17.7 Å². The lowest BCUT2D eigenvalue weighted by molar-refractivity contribution is -0.116. The van der Waals surface area contributed by atoms with Gasteiger partial charge in [-0.2, -0.15) is 4.98 Å². The number of rotatable bonds is 7. The van der Waals surface area contributed by atoms with E-state index in [9.17, 15) is 9.18 Å². The lowest BCUT2D eigenvalue weighted by Crippen LogP contribution is -2.35. The van der Waals surface area contributed by atoms with Gasteiger partial charge in [0.2, 0.25) is 11.9 Å². The van der Waals surface area contributed by atoms with Crippen molar-refractivity contribution in [2.45, 2.75) is 20.3 Å². The van der Waals surface area contributed by atoms with Crippen LogP contribution < -0.4 is 16.0 Å². The summed E-state index contributed by atoms with van der Waals surface area (Å²) in [6, 6.07) is 0. The van der Waals surface area contributed by atoms with Crippen molar-refractivity contribution in [2.75, 3.05) is 29.9 Å². The number of carbonyl (C=O) groups is 1. The minimum atomic E-state index is -0.569. The molecule has 1 amide bonds. The van der Waals surface area contributed by atoms with Gasteiger partial charge in [-0.3, -0.25) is 4.79 Å². The summed E-state index contributed by atoms with van der Waals surface area (Å²) in [6.45, 7) is 4.86. The molecule has 0 spiro atoms. The second-order valence-corrected chi connectivity index (χ2v) is 3.77. The molecule has 100 valence electrons. The Morgan fingerprint density at radius 1 is 1.56 bits per heavy atom. The number of hydrogen-bond acceptors (Lipinski definition) is 5. The van der Waals surface area contributed by atoms with E-state index in [0.29, 0.717) is 19.0 Å². The van der Waals surface area contributed by atoms with Gasteiger partial charge in [-0.25, -0.2) is 9.37 Å². The van der Waals surface area contributed by atoms with Crippen LogP contribution in [0.2, 0.25) is 0 Å². The summed E-state index contributed by atoms with van der Waals surface area (Å²) in [5, 5.41) is 2.96. The molecule has 1 heterocycles. The first-order valence-corrected chi connectivity index (χ1v) is 5.88. The van der Waals surface area contributed by atoms with Crippen molar-refractivity contribution in [2.24, 2.45) is 5.73 Å². The lowest BCUT2D eigenvalue weighted by Gasteiger charge is -2.20. The highest BCUT2D eigenvalue weighted by molar-refractivity contribution is 5.79. The van der Waals surface area contributed by atoms with E-state index < -0.39 is 11.7 Å². The molecule has 6 nitrogen and oxygen atoms in total. The molecule has 0 aliphatic rings. The van der Waals surface area contributed by atoms with Gasteiger partial charge < -0.3 is 16.0 Å². The molecule has 0 saturated heterocycles. The second-order valence-electron chi connectivity index (χ2n) is 3.77. The Labute approximate surface area is 105 Å². The van der Waals surface area contributed by atoms with Crippen LogP contribution in [0.5, 0.6) is 0 Å². The topological polar surface area (TPSA) is 84.1 Å². The van der Waals surface area contributed by atoms with Crippen LogP contribution in [0, 0.1) is 5.82 Å². The number of amides is 1. The maximum Gasteiger partial charge on any atom is 0.237 e. The van der Waals surface area contributed by atoms with E-state index in [2.05, 4.69) is 15.3 Å².